The molecule has 0 bridgehead atoms. The molecule has 1 fully saturated rings. The van der Waals surface area contributed by atoms with Crippen LogP contribution in [0.5, 0.6) is 11.5 Å². The number of methoxy groups -OCH3 is 2. The van der Waals surface area contributed by atoms with Gasteiger partial charge in [0.15, 0.2) is 0 Å². The first kappa shape index (κ1) is 30.3. The van der Waals surface area contributed by atoms with Gasteiger partial charge in [-0.3, -0.25) is 19.7 Å². The van der Waals surface area contributed by atoms with Crippen molar-refractivity contribution < 1.29 is 19.1 Å². The summed E-state index contributed by atoms with van der Waals surface area (Å²) in [5, 5.41) is 14.1. The molecule has 4 heterocycles. The molecule has 1 saturated heterocycles. The normalized spacial score (nSPS) is 19.0. The van der Waals surface area contributed by atoms with Crippen molar-refractivity contribution in [3.63, 3.8) is 0 Å². The molecule has 2 unspecified atom stereocenters. The predicted molar refractivity (Wildman–Crippen MR) is 174 cm³/mol. The lowest BCUT2D eigenvalue weighted by atomic mass is 10.1. The quantitative estimate of drug-likeness (QED) is 0.287. The second-order valence-corrected chi connectivity index (χ2v) is 11.4. The molecule has 1 aliphatic carbocycles. The lowest BCUT2D eigenvalue weighted by molar-refractivity contribution is -0.117. The van der Waals surface area contributed by atoms with Crippen LogP contribution in [0, 0.1) is 0 Å². The number of aromatic amines is 1. The number of halogens is 2. The highest BCUT2D eigenvalue weighted by atomic mass is 35.5. The van der Waals surface area contributed by atoms with Crippen LogP contribution in [0.4, 0.5) is 28.1 Å². The molecule has 3 amide bonds. The van der Waals surface area contributed by atoms with Crippen LogP contribution in [-0.2, 0) is 11.3 Å². The average molecular weight is 653 g/mol. The molecule has 0 saturated carbocycles. The fourth-order valence-corrected chi connectivity index (χ4v) is 6.46. The van der Waals surface area contributed by atoms with Crippen molar-refractivity contribution in [3.8, 4) is 11.5 Å². The fraction of sp³-hybridized carbons (Fsp3) is 0.300. The van der Waals surface area contributed by atoms with Crippen LogP contribution >= 0.6 is 23.2 Å². The smallest absolute Gasteiger partial charge is 0.330 e. The number of nitrogens with zero attached hydrogens (tertiary/aromatic N) is 6. The molecular formula is C30H31Cl2N9O4. The van der Waals surface area contributed by atoms with Crippen LogP contribution in [0.25, 0.3) is 5.57 Å². The molecule has 2 aliphatic heterocycles. The van der Waals surface area contributed by atoms with Gasteiger partial charge in [0.25, 0.3) is 0 Å². The summed E-state index contributed by atoms with van der Waals surface area (Å²) in [6.07, 6.45) is 11.7. The number of allylic oxidation sites excluding steroid dienone is 4. The fourth-order valence-electron chi connectivity index (χ4n) is 5.75. The maximum Gasteiger partial charge on any atom is 0.330 e. The lowest BCUT2D eigenvalue weighted by Gasteiger charge is -2.35. The zero-order chi connectivity index (χ0) is 31.8. The summed E-state index contributed by atoms with van der Waals surface area (Å²) in [4.78, 5) is 40.3. The lowest BCUT2D eigenvalue weighted by Crippen LogP contribution is -2.47. The highest BCUT2D eigenvalue weighted by Crippen LogP contribution is 2.47. The van der Waals surface area contributed by atoms with Crippen LogP contribution in [0.15, 0.2) is 49.3 Å². The number of anilines is 4. The van der Waals surface area contributed by atoms with Crippen LogP contribution in [-0.4, -0.2) is 78.5 Å². The number of fused-ring (bicyclic) bond motifs is 1. The number of rotatable bonds is 9. The molecule has 2 atom stereocenters. The minimum atomic E-state index is -0.406. The van der Waals surface area contributed by atoms with E-state index in [4.69, 9.17) is 37.7 Å². The molecule has 3 aliphatic rings. The summed E-state index contributed by atoms with van der Waals surface area (Å²) in [7, 11) is 4.55. The van der Waals surface area contributed by atoms with Crippen LogP contribution in [0.3, 0.4) is 0 Å². The van der Waals surface area contributed by atoms with Crippen molar-refractivity contribution >= 4 is 64.0 Å². The number of hydrogen-bond acceptors (Lipinski definition) is 9. The molecule has 0 spiro atoms. The third kappa shape index (κ3) is 5.53. The monoisotopic (exact) mass is 651 g/mol. The number of nitrogens with one attached hydrogen (secondary N) is 3. The van der Waals surface area contributed by atoms with Crippen molar-refractivity contribution in [2.24, 2.45) is 0 Å². The molecule has 13 nitrogen and oxygen atoms in total. The molecule has 45 heavy (non-hydrogen) atoms. The first-order chi connectivity index (χ1) is 21.7. The second-order valence-electron chi connectivity index (χ2n) is 10.7. The highest BCUT2D eigenvalue weighted by Gasteiger charge is 2.38. The van der Waals surface area contributed by atoms with E-state index in [9.17, 15) is 9.59 Å². The van der Waals surface area contributed by atoms with E-state index in [0.717, 1.165) is 23.4 Å². The van der Waals surface area contributed by atoms with Gasteiger partial charge in [0.1, 0.15) is 33.2 Å². The first-order valence-corrected chi connectivity index (χ1v) is 14.8. The summed E-state index contributed by atoms with van der Waals surface area (Å²) in [6.45, 7) is 4.74. The molecule has 234 valence electrons. The molecule has 1 aromatic carbocycles. The number of carbonyl (C=O) groups is 2. The molecular weight excluding hydrogens is 621 g/mol. The van der Waals surface area contributed by atoms with Crippen molar-refractivity contribution in [2.45, 2.75) is 25.0 Å². The van der Waals surface area contributed by atoms with Gasteiger partial charge in [0.2, 0.25) is 11.9 Å². The number of carbonyl (C=O) groups excluding carboxylic acids is 2. The van der Waals surface area contributed by atoms with Gasteiger partial charge in [-0.05, 0) is 18.1 Å². The Kier molecular flexibility index (Phi) is 8.30. The minimum Gasteiger partial charge on any atom is -0.495 e. The van der Waals surface area contributed by atoms with Gasteiger partial charge >= 0.3 is 6.03 Å². The summed E-state index contributed by atoms with van der Waals surface area (Å²) in [5.41, 5.74) is 3.10. The summed E-state index contributed by atoms with van der Waals surface area (Å²) >= 11 is 13.2. The van der Waals surface area contributed by atoms with E-state index in [1.165, 1.54) is 30.1 Å². The number of H-pyrrole nitrogens is 1. The Hall–Kier alpha value is -4.75. The highest BCUT2D eigenvalue weighted by molar-refractivity contribution is 6.42. The van der Waals surface area contributed by atoms with Gasteiger partial charge in [-0.25, -0.2) is 9.78 Å². The summed E-state index contributed by atoms with van der Waals surface area (Å²) < 4.78 is 10.8. The van der Waals surface area contributed by atoms with Crippen molar-refractivity contribution in [2.75, 3.05) is 54.4 Å². The Morgan fingerprint density at radius 2 is 1.89 bits per heavy atom. The van der Waals surface area contributed by atoms with Gasteiger partial charge in [-0.15, -0.1) is 0 Å². The zero-order valence-electron chi connectivity index (χ0n) is 24.8. The van der Waals surface area contributed by atoms with Gasteiger partial charge in [0, 0.05) is 43.5 Å². The summed E-state index contributed by atoms with van der Waals surface area (Å²) in [5.74, 6) is 1.94. The van der Waals surface area contributed by atoms with Crippen LogP contribution < -0.4 is 34.8 Å². The average Bonchev–Trinajstić information content (AvgIpc) is 3.82. The molecule has 3 N–H and O–H groups in total. The van der Waals surface area contributed by atoms with Crippen molar-refractivity contribution in [1.29, 1.82) is 0 Å². The third-order valence-electron chi connectivity index (χ3n) is 8.03. The van der Waals surface area contributed by atoms with Crippen LogP contribution in [0.1, 0.15) is 17.5 Å². The Morgan fingerprint density at radius 1 is 1.16 bits per heavy atom. The first-order valence-electron chi connectivity index (χ1n) is 14.1. The number of urea groups is 1. The second kappa shape index (κ2) is 12.3. The Bertz CT molecular complexity index is 1710. The number of benzene rings is 1. The van der Waals surface area contributed by atoms with E-state index in [1.54, 1.807) is 19.3 Å². The van der Waals surface area contributed by atoms with Crippen molar-refractivity contribution in [3.05, 3.63) is 70.5 Å². The van der Waals surface area contributed by atoms with Gasteiger partial charge in [-0.2, -0.15) is 10.1 Å². The number of hydrogen-bond donors (Lipinski definition) is 3. The van der Waals surface area contributed by atoms with Gasteiger partial charge in [0.05, 0.1) is 44.7 Å². The molecule has 0 radical (unpaired) electrons. The van der Waals surface area contributed by atoms with E-state index in [2.05, 4.69) is 49.4 Å². The van der Waals surface area contributed by atoms with Gasteiger partial charge in [-0.1, -0.05) is 48.0 Å². The number of amides is 3. The largest absolute Gasteiger partial charge is 0.495 e. The maximum atomic E-state index is 13.7. The maximum absolute atomic E-state index is 13.7. The Morgan fingerprint density at radius 3 is 2.56 bits per heavy atom. The molecule has 2 aromatic heterocycles. The van der Waals surface area contributed by atoms with Gasteiger partial charge < -0.3 is 25.0 Å². The standard InChI is InChI=1S/C30H31Cl2N9O4/c1-5-23(42)35-19-14-40(28-18(12-34-38-28)16-8-6-7-9-16)15-20(19)36-29-33-11-17-13-41(30(43)39(2)27(17)37-29)26-24(31)21(44-3)10-22(45-4)25(26)32/h5-8,10-12,19-20H,1,9,13-15H2,2-4H3,(H,34,38)(H,35,42)(H,33,36,37). The van der Waals surface area contributed by atoms with E-state index in [1.807, 2.05) is 12.3 Å². The van der Waals surface area contributed by atoms with Crippen LogP contribution in [0.2, 0.25) is 10.0 Å². The Balaban J connectivity index is 1.26. The van der Waals surface area contributed by atoms with E-state index in [-0.39, 0.29) is 40.3 Å². The molecule has 15 heteroatoms. The van der Waals surface area contributed by atoms with Crippen molar-refractivity contribution in [1.82, 2.24) is 25.5 Å². The minimum absolute atomic E-state index is 0.108. The third-order valence-corrected chi connectivity index (χ3v) is 8.76. The summed E-state index contributed by atoms with van der Waals surface area (Å²) in [6, 6.07) is 0.579. The van der Waals surface area contributed by atoms with E-state index < -0.39 is 6.03 Å². The zero-order valence-corrected chi connectivity index (χ0v) is 26.3. The Labute approximate surface area is 269 Å². The predicted octanol–water partition coefficient (Wildman–Crippen LogP) is 4.41. The SMILES string of the molecule is C=CC(=O)NC1CN(c2[nH]ncc2C2=CC=CC2)CC1Nc1ncc2c(n1)N(C)C(=O)N(c1c(Cl)c(OC)cc(OC)c1Cl)C2. The van der Waals surface area contributed by atoms with E-state index >= 15 is 0 Å². The number of aromatic nitrogens is 4. The molecule has 3 aromatic rings. The number of ether oxygens (including phenoxy) is 2. The van der Waals surface area contributed by atoms with E-state index in [0.29, 0.717) is 41.9 Å². The molecule has 6 rings (SSSR count). The topological polar surface area (TPSA) is 141 Å².